The van der Waals surface area contributed by atoms with E-state index in [0.717, 1.165) is 37.3 Å². The number of aromatic nitrogens is 1. The maximum atomic E-state index is 13.5. The van der Waals surface area contributed by atoms with Gasteiger partial charge in [0.25, 0.3) is 5.91 Å². The van der Waals surface area contributed by atoms with Crippen LogP contribution in [0.3, 0.4) is 0 Å². The number of hydrogen-bond donors (Lipinski definition) is 5. The van der Waals surface area contributed by atoms with E-state index in [0.29, 0.717) is 34.5 Å². The summed E-state index contributed by atoms with van der Waals surface area (Å²) in [7, 11) is 0. The molecule has 6 N–H and O–H groups in total. The van der Waals surface area contributed by atoms with Crippen molar-refractivity contribution in [1.82, 2.24) is 15.2 Å². The zero-order valence-electron chi connectivity index (χ0n) is 27.6. The Morgan fingerprint density at radius 1 is 1.22 bits per heavy atom. The Hall–Kier alpha value is -4.19. The number of nitrogens with one attached hydrogen (secondary N) is 1. The number of benzene rings is 1. The van der Waals surface area contributed by atoms with Gasteiger partial charge < -0.3 is 35.7 Å². The number of carboxylic acid groups (broad SMARTS) is 2. The highest BCUT2D eigenvalue weighted by Crippen LogP contribution is 2.46. The number of rotatable bonds is 14. The first kappa shape index (κ1) is 37.1. The van der Waals surface area contributed by atoms with E-state index in [1.807, 2.05) is 0 Å². The summed E-state index contributed by atoms with van der Waals surface area (Å²) in [4.78, 5) is 74.6. The fraction of sp³-hybridized carbons (Fsp3) is 0.469. The van der Waals surface area contributed by atoms with E-state index in [2.05, 4.69) is 15.5 Å². The van der Waals surface area contributed by atoms with Crippen LogP contribution in [0.25, 0.3) is 0 Å². The molecule has 4 heterocycles. The van der Waals surface area contributed by atoms with Crippen molar-refractivity contribution in [2.75, 3.05) is 44.2 Å². The number of ketones is 1. The lowest BCUT2D eigenvalue weighted by Gasteiger charge is -2.50. The van der Waals surface area contributed by atoms with Crippen LogP contribution in [-0.4, -0.2) is 114 Å². The molecular formula is C32H38ClN6O9S2+. The average Bonchev–Trinajstić information content (AvgIpc) is 3.71. The molecule has 3 aliphatic rings. The Kier molecular flexibility index (Phi) is 10.8. The van der Waals surface area contributed by atoms with Crippen molar-refractivity contribution in [3.05, 3.63) is 50.6 Å². The molecule has 3 aliphatic heterocycles. The van der Waals surface area contributed by atoms with Gasteiger partial charge in [0, 0.05) is 36.0 Å². The number of aryl methyl sites for hydroxylation is 1. The van der Waals surface area contributed by atoms with Crippen LogP contribution >= 0.6 is 34.7 Å². The Morgan fingerprint density at radius 3 is 2.54 bits per heavy atom. The summed E-state index contributed by atoms with van der Waals surface area (Å²) in [5.74, 6) is -4.82. The van der Waals surface area contributed by atoms with Crippen LogP contribution in [0.5, 0.6) is 5.75 Å². The predicted molar refractivity (Wildman–Crippen MR) is 186 cm³/mol. The summed E-state index contributed by atoms with van der Waals surface area (Å²) in [6.45, 7) is 6.90. The number of likely N-dealkylation sites (tertiary alicyclic amines) is 1. The number of fused-ring (bicyclic) bond motifs is 1. The standard InChI is InChI=1S/C32H37ClN6O9S2/c1-16-6-7-18(22(33)25(16)41)26(42)35-8-11-39(9-4-5-10-39)13-17-14-49-28-19(27(43)38(28)24(17)29(44)45)12-21(40)23(20-15-50-31(34)36-20)37-48-32(2,3)30(46)47/h6-7,15,19,28H,4-5,8-14H2,1-3H3,(H5-,34,35,36,41,42,44,45,46,47)/p+1/b37-23-/t19-,28-/m1/s1. The third kappa shape index (κ3) is 7.45. The number of phenolic OH excluding ortho intramolecular Hbond substituents is 1. The van der Waals surface area contributed by atoms with Gasteiger partial charge in [-0.3, -0.25) is 19.3 Å². The minimum atomic E-state index is -1.76. The van der Waals surface area contributed by atoms with Crippen molar-refractivity contribution in [3.8, 4) is 5.75 Å². The molecule has 2 aromatic rings. The molecule has 0 unspecified atom stereocenters. The number of nitrogens with zero attached hydrogens (tertiary/aromatic N) is 4. The topological polar surface area (TPSA) is 222 Å². The Labute approximate surface area is 300 Å². The van der Waals surface area contributed by atoms with Crippen molar-refractivity contribution in [1.29, 1.82) is 0 Å². The van der Waals surface area contributed by atoms with E-state index < -0.39 is 46.4 Å². The van der Waals surface area contributed by atoms with E-state index in [1.165, 1.54) is 35.9 Å². The summed E-state index contributed by atoms with van der Waals surface area (Å²) in [6.07, 6.45) is 1.52. The molecule has 50 heavy (non-hydrogen) atoms. The molecule has 18 heteroatoms. The number of hydrogen-bond acceptors (Lipinski definition) is 12. The van der Waals surface area contributed by atoms with Crippen LogP contribution in [0, 0.1) is 12.8 Å². The Bertz CT molecular complexity index is 1800. The first-order valence-corrected chi connectivity index (χ1v) is 18.1. The SMILES string of the molecule is Cc1ccc(C(=O)NCC[N+]2(CC3=C(C(=O)O)N4C(=O)[C@@H](CC(=O)/C(=N\OC(C)(C)C(=O)O)c5csc(N)n5)[C@H]4SC3)CCCC2)c(Cl)c1O. The molecule has 0 bridgehead atoms. The van der Waals surface area contributed by atoms with E-state index in [-0.39, 0.29) is 51.5 Å². The number of carbonyl (C=O) groups is 5. The molecule has 1 aromatic carbocycles. The number of carbonyl (C=O) groups excluding carboxylic acids is 3. The van der Waals surface area contributed by atoms with Crippen LogP contribution in [0.2, 0.25) is 5.02 Å². The molecule has 0 radical (unpaired) electrons. The Morgan fingerprint density at radius 2 is 1.92 bits per heavy atom. The molecule has 0 spiro atoms. The number of anilines is 1. The van der Waals surface area contributed by atoms with Crippen LogP contribution < -0.4 is 11.1 Å². The van der Waals surface area contributed by atoms with Crippen LogP contribution in [-0.2, 0) is 24.0 Å². The fourth-order valence-electron chi connectivity index (χ4n) is 6.28. The number of β-lactam (4-membered cyclic amide) rings is 1. The second-order valence-electron chi connectivity index (χ2n) is 13.0. The molecule has 2 atom stereocenters. The molecule has 2 fully saturated rings. The number of nitrogen functional groups attached to an aromatic ring is 1. The van der Waals surface area contributed by atoms with E-state index in [4.69, 9.17) is 22.2 Å². The number of quaternary nitrogens is 1. The zero-order valence-corrected chi connectivity index (χ0v) is 30.0. The van der Waals surface area contributed by atoms with E-state index in [1.54, 1.807) is 19.1 Å². The van der Waals surface area contributed by atoms with Crippen LogP contribution in [0.15, 0.2) is 33.9 Å². The highest BCUT2D eigenvalue weighted by molar-refractivity contribution is 8.00. The first-order valence-electron chi connectivity index (χ1n) is 15.8. The summed E-state index contributed by atoms with van der Waals surface area (Å²) < 4.78 is 0.526. The van der Waals surface area contributed by atoms with E-state index >= 15 is 0 Å². The summed E-state index contributed by atoms with van der Waals surface area (Å²) >= 11 is 8.62. The molecule has 2 saturated heterocycles. The molecule has 5 rings (SSSR count). The largest absolute Gasteiger partial charge is 0.506 e. The van der Waals surface area contributed by atoms with Gasteiger partial charge in [-0.05, 0) is 32.4 Å². The number of nitrogens with two attached hydrogens (primary N) is 1. The number of aliphatic carboxylic acids is 2. The predicted octanol–water partition coefficient (Wildman–Crippen LogP) is 2.85. The number of amides is 2. The molecule has 15 nitrogen and oxygen atoms in total. The van der Waals surface area contributed by atoms with Gasteiger partial charge in [-0.2, -0.15) is 0 Å². The number of phenols is 1. The van der Waals surface area contributed by atoms with Crippen LogP contribution in [0.1, 0.15) is 54.7 Å². The maximum Gasteiger partial charge on any atom is 0.352 e. The highest BCUT2D eigenvalue weighted by atomic mass is 35.5. The number of aromatic hydroxyl groups is 1. The van der Waals surface area contributed by atoms with Crippen molar-refractivity contribution < 1.29 is 48.6 Å². The average molecular weight is 750 g/mol. The van der Waals surface area contributed by atoms with Gasteiger partial charge in [0.2, 0.25) is 11.5 Å². The van der Waals surface area contributed by atoms with Crippen molar-refractivity contribution in [2.45, 2.75) is 51.0 Å². The first-order chi connectivity index (χ1) is 23.5. The highest BCUT2D eigenvalue weighted by Gasteiger charge is 2.55. The monoisotopic (exact) mass is 749 g/mol. The quantitative estimate of drug-likeness (QED) is 0.0815. The van der Waals surface area contributed by atoms with Crippen molar-refractivity contribution >= 4 is 75.1 Å². The van der Waals surface area contributed by atoms with Gasteiger partial charge in [-0.15, -0.1) is 23.1 Å². The van der Waals surface area contributed by atoms with Crippen molar-refractivity contribution in [2.24, 2.45) is 11.1 Å². The third-order valence-corrected chi connectivity index (χ3v) is 11.6. The summed E-state index contributed by atoms with van der Waals surface area (Å²) in [5, 5.41) is 37.5. The number of halogens is 1. The fourth-order valence-corrected chi connectivity index (χ4v) is 8.53. The lowest BCUT2D eigenvalue weighted by atomic mass is 9.89. The van der Waals surface area contributed by atoms with Gasteiger partial charge in [0.1, 0.15) is 23.7 Å². The minimum absolute atomic E-state index is 0.0244. The number of carboxylic acids is 2. The van der Waals surface area contributed by atoms with Crippen LogP contribution in [0.4, 0.5) is 5.13 Å². The molecular weight excluding hydrogens is 712 g/mol. The lowest BCUT2D eigenvalue weighted by molar-refractivity contribution is -0.911. The smallest absolute Gasteiger partial charge is 0.352 e. The summed E-state index contributed by atoms with van der Waals surface area (Å²) in [6, 6.07) is 3.16. The van der Waals surface area contributed by atoms with Gasteiger partial charge in [0.15, 0.2) is 16.6 Å². The molecule has 1 aromatic heterocycles. The maximum absolute atomic E-state index is 13.5. The van der Waals surface area contributed by atoms with Gasteiger partial charge >= 0.3 is 11.9 Å². The second kappa shape index (κ2) is 14.6. The Balaban J connectivity index is 1.29. The second-order valence-corrected chi connectivity index (χ2v) is 15.4. The normalized spacial score (nSPS) is 20.3. The molecule has 0 aliphatic carbocycles. The number of thioether (sulfide) groups is 1. The van der Waals surface area contributed by atoms with Gasteiger partial charge in [-0.1, -0.05) is 22.8 Å². The third-order valence-electron chi connectivity index (χ3n) is 9.15. The molecule has 268 valence electrons. The number of thiazole rings is 1. The van der Waals surface area contributed by atoms with Gasteiger partial charge in [0.05, 0.1) is 48.1 Å². The minimum Gasteiger partial charge on any atom is -0.506 e. The van der Waals surface area contributed by atoms with Crippen molar-refractivity contribution in [3.63, 3.8) is 0 Å². The molecule has 2 amide bonds. The summed E-state index contributed by atoms with van der Waals surface area (Å²) in [5.41, 5.74) is 4.98. The lowest BCUT2D eigenvalue weighted by Crippen LogP contribution is -2.63. The van der Waals surface area contributed by atoms with Gasteiger partial charge in [-0.25, -0.2) is 14.6 Å². The van der Waals surface area contributed by atoms with E-state index in [9.17, 15) is 39.3 Å². The zero-order chi connectivity index (χ0) is 36.5. The number of Topliss-reactive ketones (excluding diaryl/α,β-unsaturated/α-hetero) is 1. The number of oxime groups is 1. The molecule has 0 saturated carbocycles.